The van der Waals surface area contributed by atoms with E-state index >= 15 is 0 Å². The molecule has 1 aliphatic carbocycles. The molecule has 0 spiro atoms. The third-order valence-electron chi connectivity index (χ3n) is 2.71. The van der Waals surface area contributed by atoms with Crippen molar-refractivity contribution in [2.45, 2.75) is 18.9 Å². The molecule has 1 heterocycles. The first kappa shape index (κ1) is 12.2. The summed E-state index contributed by atoms with van der Waals surface area (Å²) in [5.74, 6) is 0.00913. The van der Waals surface area contributed by atoms with E-state index in [4.69, 9.17) is 10.3 Å². The Morgan fingerprint density at radius 3 is 2.89 bits per heavy atom. The molecule has 1 aromatic carbocycles. The number of nitrogens with zero attached hydrogens (tertiary/aromatic N) is 2. The molecule has 98 valence electrons. The summed E-state index contributed by atoms with van der Waals surface area (Å²) in [6.07, 6.45) is 2.03. The smallest absolute Gasteiger partial charge is 0.292 e. The largest absolute Gasteiger partial charge is 0.399 e. The Bertz CT molecular complexity index is 616. The van der Waals surface area contributed by atoms with Crippen molar-refractivity contribution in [3.63, 3.8) is 0 Å². The number of rotatable bonds is 3. The van der Waals surface area contributed by atoms with Crippen LogP contribution in [0.15, 0.2) is 27.2 Å². The second kappa shape index (κ2) is 4.65. The van der Waals surface area contributed by atoms with E-state index in [2.05, 4.69) is 31.4 Å². The standard InChI is InChI=1S/C12H11BrN4O2/c13-7-3-6(4-8(14)5-7)12-16-10(17-19-12)11(18)15-9-1-2-9/h3-5,9H,1-2,14H2,(H,15,18). The summed E-state index contributed by atoms with van der Waals surface area (Å²) in [7, 11) is 0. The van der Waals surface area contributed by atoms with Gasteiger partial charge in [0.1, 0.15) is 0 Å². The van der Waals surface area contributed by atoms with Gasteiger partial charge < -0.3 is 15.6 Å². The Kier molecular flexibility index (Phi) is 2.98. The third-order valence-corrected chi connectivity index (χ3v) is 3.17. The number of aromatic nitrogens is 2. The van der Waals surface area contributed by atoms with Crippen molar-refractivity contribution in [2.75, 3.05) is 5.73 Å². The monoisotopic (exact) mass is 322 g/mol. The van der Waals surface area contributed by atoms with E-state index in [1.807, 2.05) is 0 Å². The molecule has 1 saturated carbocycles. The number of halogens is 1. The molecule has 3 N–H and O–H groups in total. The first-order chi connectivity index (χ1) is 9.11. The van der Waals surface area contributed by atoms with Crippen LogP contribution in [0.25, 0.3) is 11.5 Å². The van der Waals surface area contributed by atoms with Crippen molar-refractivity contribution in [1.29, 1.82) is 0 Å². The Balaban J connectivity index is 1.85. The lowest BCUT2D eigenvalue weighted by molar-refractivity contribution is 0.0937. The Morgan fingerprint density at radius 1 is 1.42 bits per heavy atom. The fraction of sp³-hybridized carbons (Fsp3) is 0.250. The van der Waals surface area contributed by atoms with E-state index in [1.165, 1.54) is 0 Å². The van der Waals surface area contributed by atoms with Crippen LogP contribution >= 0.6 is 15.9 Å². The predicted octanol–water partition coefficient (Wildman–Crippen LogP) is 1.97. The van der Waals surface area contributed by atoms with Gasteiger partial charge in [-0.15, -0.1) is 0 Å². The van der Waals surface area contributed by atoms with Gasteiger partial charge in [-0.3, -0.25) is 4.79 Å². The fourth-order valence-electron chi connectivity index (χ4n) is 1.65. The van der Waals surface area contributed by atoms with E-state index in [0.717, 1.165) is 17.3 Å². The number of amides is 1. The van der Waals surface area contributed by atoms with Crippen LogP contribution in [-0.2, 0) is 0 Å². The number of nitrogens with one attached hydrogen (secondary N) is 1. The van der Waals surface area contributed by atoms with E-state index < -0.39 is 0 Å². The summed E-state index contributed by atoms with van der Waals surface area (Å²) in [6, 6.07) is 5.53. The van der Waals surface area contributed by atoms with Gasteiger partial charge in [0.15, 0.2) is 0 Å². The summed E-state index contributed by atoms with van der Waals surface area (Å²) in [4.78, 5) is 15.8. The minimum absolute atomic E-state index is 0.0421. The third kappa shape index (κ3) is 2.76. The first-order valence-corrected chi connectivity index (χ1v) is 6.62. The zero-order valence-electron chi connectivity index (χ0n) is 9.89. The molecule has 0 unspecified atom stereocenters. The van der Waals surface area contributed by atoms with Gasteiger partial charge in [-0.05, 0) is 31.0 Å². The summed E-state index contributed by atoms with van der Waals surface area (Å²) < 4.78 is 5.90. The molecule has 1 aliphatic rings. The van der Waals surface area contributed by atoms with Crippen LogP contribution in [0.4, 0.5) is 5.69 Å². The highest BCUT2D eigenvalue weighted by Crippen LogP contribution is 2.25. The van der Waals surface area contributed by atoms with Crippen molar-refractivity contribution in [2.24, 2.45) is 0 Å². The van der Waals surface area contributed by atoms with Crippen molar-refractivity contribution < 1.29 is 9.32 Å². The van der Waals surface area contributed by atoms with E-state index in [-0.39, 0.29) is 23.7 Å². The molecule has 2 aromatic rings. The van der Waals surface area contributed by atoms with Crippen molar-refractivity contribution in [1.82, 2.24) is 15.5 Å². The maximum Gasteiger partial charge on any atom is 0.292 e. The number of hydrogen-bond donors (Lipinski definition) is 2. The van der Waals surface area contributed by atoms with Crippen LogP contribution in [0.5, 0.6) is 0 Å². The van der Waals surface area contributed by atoms with Crippen LogP contribution in [0, 0.1) is 0 Å². The van der Waals surface area contributed by atoms with Gasteiger partial charge in [0.05, 0.1) is 0 Å². The van der Waals surface area contributed by atoms with Gasteiger partial charge in [-0.1, -0.05) is 21.1 Å². The number of carbonyl (C=O) groups is 1. The van der Waals surface area contributed by atoms with Crippen LogP contribution in [-0.4, -0.2) is 22.1 Å². The minimum atomic E-state index is -0.305. The fourth-order valence-corrected chi connectivity index (χ4v) is 2.16. The predicted molar refractivity (Wildman–Crippen MR) is 72.3 cm³/mol. The number of benzene rings is 1. The van der Waals surface area contributed by atoms with E-state index in [0.29, 0.717) is 11.3 Å². The van der Waals surface area contributed by atoms with Gasteiger partial charge in [-0.25, -0.2) is 0 Å². The van der Waals surface area contributed by atoms with Gasteiger partial charge in [0, 0.05) is 21.8 Å². The van der Waals surface area contributed by atoms with E-state index in [1.54, 1.807) is 18.2 Å². The topological polar surface area (TPSA) is 94.0 Å². The van der Waals surface area contributed by atoms with E-state index in [9.17, 15) is 4.79 Å². The maximum absolute atomic E-state index is 11.7. The molecule has 0 aliphatic heterocycles. The second-order valence-electron chi connectivity index (χ2n) is 4.44. The molecule has 0 radical (unpaired) electrons. The molecule has 1 amide bonds. The molecule has 0 atom stereocenters. The highest BCUT2D eigenvalue weighted by Gasteiger charge is 2.26. The molecule has 1 fully saturated rings. The zero-order valence-corrected chi connectivity index (χ0v) is 11.5. The zero-order chi connectivity index (χ0) is 13.4. The second-order valence-corrected chi connectivity index (χ2v) is 5.36. The highest BCUT2D eigenvalue weighted by atomic mass is 79.9. The SMILES string of the molecule is Nc1cc(Br)cc(-c2nc(C(=O)NC3CC3)no2)c1. The van der Waals surface area contributed by atoms with Crippen molar-refractivity contribution in [3.8, 4) is 11.5 Å². The molecule has 7 heteroatoms. The molecule has 1 aromatic heterocycles. The maximum atomic E-state index is 11.7. The lowest BCUT2D eigenvalue weighted by Crippen LogP contribution is -2.26. The Morgan fingerprint density at radius 2 is 2.21 bits per heavy atom. The first-order valence-electron chi connectivity index (χ1n) is 5.83. The summed E-state index contributed by atoms with van der Waals surface area (Å²) in [6.45, 7) is 0. The van der Waals surface area contributed by atoms with Crippen molar-refractivity contribution in [3.05, 3.63) is 28.5 Å². The number of anilines is 1. The number of carbonyl (C=O) groups excluding carboxylic acids is 1. The van der Waals surface area contributed by atoms with Gasteiger partial charge in [-0.2, -0.15) is 4.98 Å². The van der Waals surface area contributed by atoms with Crippen molar-refractivity contribution >= 4 is 27.5 Å². The number of hydrogen-bond acceptors (Lipinski definition) is 5. The molecule has 3 rings (SSSR count). The normalized spacial score (nSPS) is 14.4. The summed E-state index contributed by atoms with van der Waals surface area (Å²) >= 11 is 3.34. The lowest BCUT2D eigenvalue weighted by Gasteiger charge is -1.98. The quantitative estimate of drug-likeness (QED) is 0.842. The van der Waals surface area contributed by atoms with Crippen LogP contribution in [0.2, 0.25) is 0 Å². The Hall–Kier alpha value is -1.89. The molecular weight excluding hydrogens is 312 g/mol. The van der Waals surface area contributed by atoms with Gasteiger partial charge in [0.25, 0.3) is 17.6 Å². The Labute approximate surface area is 117 Å². The summed E-state index contributed by atoms with van der Waals surface area (Å²) in [5.41, 5.74) is 6.99. The molecule has 0 saturated heterocycles. The molecule has 19 heavy (non-hydrogen) atoms. The van der Waals surface area contributed by atoms with Crippen LogP contribution in [0.3, 0.4) is 0 Å². The number of nitrogens with two attached hydrogens (primary N) is 1. The number of nitrogen functional groups attached to an aromatic ring is 1. The average molecular weight is 323 g/mol. The van der Waals surface area contributed by atoms with Crippen LogP contribution in [0.1, 0.15) is 23.5 Å². The molecule has 0 bridgehead atoms. The summed E-state index contributed by atoms with van der Waals surface area (Å²) in [5, 5.41) is 6.48. The van der Waals surface area contributed by atoms with Gasteiger partial charge in [0.2, 0.25) is 0 Å². The molecule has 6 nitrogen and oxygen atoms in total. The van der Waals surface area contributed by atoms with Gasteiger partial charge >= 0.3 is 0 Å². The molecular formula is C12H11BrN4O2. The highest BCUT2D eigenvalue weighted by molar-refractivity contribution is 9.10. The average Bonchev–Trinajstić information content (AvgIpc) is 3.02. The van der Waals surface area contributed by atoms with Crippen LogP contribution < -0.4 is 11.1 Å². The minimum Gasteiger partial charge on any atom is -0.399 e. The lowest BCUT2D eigenvalue weighted by atomic mass is 10.2.